The molecule has 0 saturated heterocycles. The van der Waals surface area contributed by atoms with Gasteiger partial charge in [0.15, 0.2) is 5.69 Å². The Kier molecular flexibility index (Phi) is 4.18. The summed E-state index contributed by atoms with van der Waals surface area (Å²) in [6, 6.07) is 13.7. The third kappa shape index (κ3) is 3.19. The normalized spacial score (nSPS) is 11.0. The summed E-state index contributed by atoms with van der Waals surface area (Å²) in [5, 5.41) is 11.7. The molecule has 1 aromatic carbocycles. The quantitative estimate of drug-likeness (QED) is 0.598. The van der Waals surface area contributed by atoms with Crippen LogP contribution in [0.4, 0.5) is 5.69 Å². The standard InChI is InChI=1S/C19H16ClN5O/c1-13-5-4-6-14(9-13)11-24-12-15(10-21-24)22-19(26)18-17(20)16-7-2-3-8-25(16)23-18/h2-10,12H,11H2,1H3,(H,22,26). The molecule has 4 aromatic rings. The van der Waals surface area contributed by atoms with E-state index < -0.39 is 0 Å². The van der Waals surface area contributed by atoms with Crippen LogP contribution in [0.3, 0.4) is 0 Å². The minimum absolute atomic E-state index is 0.185. The fourth-order valence-electron chi connectivity index (χ4n) is 2.82. The molecule has 0 atom stereocenters. The zero-order chi connectivity index (χ0) is 18.1. The molecule has 0 unspecified atom stereocenters. The molecule has 0 spiro atoms. The maximum Gasteiger partial charge on any atom is 0.277 e. The topological polar surface area (TPSA) is 64.2 Å². The van der Waals surface area contributed by atoms with Crippen molar-refractivity contribution in [2.75, 3.05) is 5.32 Å². The van der Waals surface area contributed by atoms with Gasteiger partial charge in [-0.3, -0.25) is 9.48 Å². The SMILES string of the molecule is Cc1cccc(Cn2cc(NC(=O)c3nn4ccccc4c3Cl)cn2)c1. The van der Waals surface area contributed by atoms with Crippen molar-refractivity contribution in [3.63, 3.8) is 0 Å². The first kappa shape index (κ1) is 16.4. The highest BCUT2D eigenvalue weighted by Crippen LogP contribution is 2.22. The summed E-state index contributed by atoms with van der Waals surface area (Å²) in [6.45, 7) is 2.68. The molecule has 3 aromatic heterocycles. The number of halogens is 1. The molecule has 0 aliphatic heterocycles. The van der Waals surface area contributed by atoms with E-state index in [4.69, 9.17) is 11.6 Å². The van der Waals surface area contributed by atoms with Crippen LogP contribution in [0.15, 0.2) is 61.1 Å². The maximum atomic E-state index is 12.5. The van der Waals surface area contributed by atoms with E-state index in [-0.39, 0.29) is 11.6 Å². The number of aromatic nitrogens is 4. The molecule has 1 amide bonds. The highest BCUT2D eigenvalue weighted by atomic mass is 35.5. The van der Waals surface area contributed by atoms with E-state index in [1.807, 2.05) is 30.3 Å². The highest BCUT2D eigenvalue weighted by Gasteiger charge is 2.18. The number of rotatable bonds is 4. The van der Waals surface area contributed by atoms with Gasteiger partial charge in [0.05, 0.1) is 29.0 Å². The number of pyridine rings is 1. The molecule has 0 aliphatic carbocycles. The van der Waals surface area contributed by atoms with Gasteiger partial charge in [-0.15, -0.1) is 0 Å². The minimum Gasteiger partial charge on any atom is -0.318 e. The average molecular weight is 366 g/mol. The Labute approximate surface area is 155 Å². The second-order valence-electron chi connectivity index (χ2n) is 6.06. The Morgan fingerprint density at radius 1 is 1.23 bits per heavy atom. The smallest absolute Gasteiger partial charge is 0.277 e. The number of carbonyl (C=O) groups is 1. The molecular weight excluding hydrogens is 350 g/mol. The summed E-state index contributed by atoms with van der Waals surface area (Å²) < 4.78 is 3.36. The second kappa shape index (κ2) is 6.65. The first-order valence-electron chi connectivity index (χ1n) is 8.12. The van der Waals surface area contributed by atoms with Crippen LogP contribution in [-0.2, 0) is 6.54 Å². The number of amides is 1. The van der Waals surface area contributed by atoms with Crippen molar-refractivity contribution in [2.24, 2.45) is 0 Å². The molecule has 1 N–H and O–H groups in total. The van der Waals surface area contributed by atoms with E-state index >= 15 is 0 Å². The highest BCUT2D eigenvalue weighted by molar-refractivity contribution is 6.37. The van der Waals surface area contributed by atoms with Crippen molar-refractivity contribution < 1.29 is 4.79 Å². The van der Waals surface area contributed by atoms with Gasteiger partial charge < -0.3 is 5.32 Å². The van der Waals surface area contributed by atoms with Crippen LogP contribution >= 0.6 is 11.6 Å². The molecule has 0 fully saturated rings. The van der Waals surface area contributed by atoms with Gasteiger partial charge >= 0.3 is 0 Å². The van der Waals surface area contributed by atoms with E-state index in [0.29, 0.717) is 22.8 Å². The molecule has 0 radical (unpaired) electrons. The van der Waals surface area contributed by atoms with E-state index in [0.717, 1.165) is 5.56 Å². The van der Waals surface area contributed by atoms with Crippen molar-refractivity contribution in [2.45, 2.75) is 13.5 Å². The van der Waals surface area contributed by atoms with Gasteiger partial charge in [-0.1, -0.05) is 47.5 Å². The molecule has 130 valence electrons. The molecule has 4 rings (SSSR count). The summed E-state index contributed by atoms with van der Waals surface area (Å²) in [6.07, 6.45) is 5.14. The Morgan fingerprint density at radius 3 is 2.92 bits per heavy atom. The minimum atomic E-state index is -0.367. The molecule has 7 heteroatoms. The Bertz CT molecular complexity index is 1100. The number of carbonyl (C=O) groups excluding carboxylic acids is 1. The largest absolute Gasteiger partial charge is 0.318 e. The monoisotopic (exact) mass is 365 g/mol. The van der Waals surface area contributed by atoms with Gasteiger partial charge in [0.1, 0.15) is 0 Å². The summed E-state index contributed by atoms with van der Waals surface area (Å²) in [5.74, 6) is -0.367. The van der Waals surface area contributed by atoms with Crippen LogP contribution < -0.4 is 5.32 Å². The van der Waals surface area contributed by atoms with Gasteiger partial charge in [-0.25, -0.2) is 4.52 Å². The van der Waals surface area contributed by atoms with E-state index in [9.17, 15) is 4.79 Å². The Balaban J connectivity index is 1.51. The number of aryl methyl sites for hydroxylation is 1. The van der Waals surface area contributed by atoms with Gasteiger partial charge in [0.2, 0.25) is 0 Å². The van der Waals surface area contributed by atoms with Crippen molar-refractivity contribution in [1.82, 2.24) is 19.4 Å². The third-order valence-electron chi connectivity index (χ3n) is 4.01. The van der Waals surface area contributed by atoms with Crippen molar-refractivity contribution in [1.29, 1.82) is 0 Å². The summed E-state index contributed by atoms with van der Waals surface area (Å²) >= 11 is 6.28. The van der Waals surface area contributed by atoms with E-state index in [1.54, 1.807) is 27.8 Å². The van der Waals surface area contributed by atoms with Gasteiger partial charge in [-0.05, 0) is 24.6 Å². The average Bonchev–Trinajstić information content (AvgIpc) is 3.20. The van der Waals surface area contributed by atoms with E-state index in [2.05, 4.69) is 34.6 Å². The number of nitrogens with one attached hydrogen (secondary N) is 1. The predicted molar refractivity (Wildman–Crippen MR) is 101 cm³/mol. The number of hydrogen-bond acceptors (Lipinski definition) is 3. The first-order chi connectivity index (χ1) is 12.6. The molecule has 0 aliphatic rings. The molecule has 6 nitrogen and oxygen atoms in total. The number of nitrogens with zero attached hydrogens (tertiary/aromatic N) is 4. The molecule has 26 heavy (non-hydrogen) atoms. The zero-order valence-corrected chi connectivity index (χ0v) is 14.8. The van der Waals surface area contributed by atoms with E-state index in [1.165, 1.54) is 5.56 Å². The fourth-order valence-corrected chi connectivity index (χ4v) is 3.09. The number of hydrogen-bond donors (Lipinski definition) is 1. The lowest BCUT2D eigenvalue weighted by atomic mass is 10.1. The molecular formula is C19H16ClN5O. The molecule has 3 heterocycles. The van der Waals surface area contributed by atoms with Gasteiger partial charge in [-0.2, -0.15) is 10.2 Å². The van der Waals surface area contributed by atoms with Crippen LogP contribution in [0.25, 0.3) is 5.52 Å². The van der Waals surface area contributed by atoms with Crippen LogP contribution in [-0.4, -0.2) is 25.3 Å². The van der Waals surface area contributed by atoms with Crippen LogP contribution in [0.2, 0.25) is 5.02 Å². The summed E-state index contributed by atoms with van der Waals surface area (Å²) in [5.41, 5.74) is 3.81. The van der Waals surface area contributed by atoms with Gasteiger partial charge in [0.25, 0.3) is 5.91 Å². The lowest BCUT2D eigenvalue weighted by Crippen LogP contribution is -2.12. The maximum absolute atomic E-state index is 12.5. The van der Waals surface area contributed by atoms with Gasteiger partial charge in [0, 0.05) is 12.4 Å². The number of anilines is 1. The summed E-state index contributed by atoms with van der Waals surface area (Å²) in [7, 11) is 0. The predicted octanol–water partition coefficient (Wildman–Crippen LogP) is 3.79. The number of benzene rings is 1. The first-order valence-corrected chi connectivity index (χ1v) is 8.50. The van der Waals surface area contributed by atoms with Crippen molar-refractivity contribution in [3.8, 4) is 0 Å². The third-order valence-corrected chi connectivity index (χ3v) is 4.39. The zero-order valence-electron chi connectivity index (χ0n) is 14.1. The lowest BCUT2D eigenvalue weighted by molar-refractivity contribution is 0.102. The lowest BCUT2D eigenvalue weighted by Gasteiger charge is -2.03. The molecule has 0 bridgehead atoms. The van der Waals surface area contributed by atoms with Crippen LogP contribution in [0, 0.1) is 6.92 Å². The Hall–Kier alpha value is -3.12. The second-order valence-corrected chi connectivity index (χ2v) is 6.44. The summed E-state index contributed by atoms with van der Waals surface area (Å²) in [4.78, 5) is 12.5. The fraction of sp³-hybridized carbons (Fsp3) is 0.105. The van der Waals surface area contributed by atoms with Crippen molar-refractivity contribution >= 4 is 28.7 Å². The molecule has 0 saturated carbocycles. The van der Waals surface area contributed by atoms with Crippen LogP contribution in [0.1, 0.15) is 21.6 Å². The Morgan fingerprint density at radius 2 is 2.12 bits per heavy atom. The van der Waals surface area contributed by atoms with Crippen LogP contribution in [0.5, 0.6) is 0 Å². The van der Waals surface area contributed by atoms with Crippen molar-refractivity contribution in [3.05, 3.63) is 82.9 Å². The number of fused-ring (bicyclic) bond motifs is 1.